The summed E-state index contributed by atoms with van der Waals surface area (Å²) in [5, 5.41) is 14.1. The Morgan fingerprint density at radius 3 is 2.57 bits per heavy atom. The van der Waals surface area contributed by atoms with Crippen LogP contribution in [0.1, 0.15) is 18.1 Å². The lowest BCUT2D eigenvalue weighted by molar-refractivity contribution is -0.133. The minimum Gasteiger partial charge on any atom is -0.496 e. The summed E-state index contributed by atoms with van der Waals surface area (Å²) in [6.45, 7) is 1.23. The van der Waals surface area contributed by atoms with E-state index in [1.165, 1.54) is 0 Å². The van der Waals surface area contributed by atoms with Crippen LogP contribution in [0.3, 0.4) is 0 Å². The van der Waals surface area contributed by atoms with Crippen LogP contribution in [-0.2, 0) is 22.4 Å². The lowest BCUT2D eigenvalue weighted by Crippen LogP contribution is -2.46. The zero-order chi connectivity index (χ0) is 21.7. The van der Waals surface area contributed by atoms with Crippen molar-refractivity contribution in [3.8, 4) is 11.8 Å². The van der Waals surface area contributed by atoms with Gasteiger partial charge in [0.2, 0.25) is 5.91 Å². The van der Waals surface area contributed by atoms with Crippen molar-refractivity contribution in [2.75, 3.05) is 19.0 Å². The Morgan fingerprint density at radius 1 is 1.20 bits per heavy atom. The third-order valence-electron chi connectivity index (χ3n) is 4.90. The molecule has 2 aromatic rings. The molecule has 1 aliphatic rings. The highest BCUT2D eigenvalue weighted by Gasteiger charge is 2.48. The Hall–Kier alpha value is -3.86. The number of methoxy groups -OCH3 is 1. The van der Waals surface area contributed by atoms with Crippen molar-refractivity contribution in [2.45, 2.75) is 25.3 Å². The SMILES string of the molecule is COc1ccccc1C[C@]1(C)NC(=O)N(CC(=O)Nc2ccc(CC#N)cc2)C1=O. The van der Waals surface area contributed by atoms with Crippen LogP contribution in [0.15, 0.2) is 48.5 Å². The van der Waals surface area contributed by atoms with Gasteiger partial charge in [0.1, 0.15) is 17.8 Å². The number of hydrogen-bond acceptors (Lipinski definition) is 5. The second-order valence-corrected chi connectivity index (χ2v) is 7.22. The van der Waals surface area contributed by atoms with Crippen molar-refractivity contribution in [3.05, 3.63) is 59.7 Å². The van der Waals surface area contributed by atoms with Crippen LogP contribution in [0.2, 0.25) is 0 Å². The van der Waals surface area contributed by atoms with Crippen LogP contribution in [0.4, 0.5) is 10.5 Å². The van der Waals surface area contributed by atoms with Crippen molar-refractivity contribution in [2.24, 2.45) is 0 Å². The van der Waals surface area contributed by atoms with E-state index in [-0.39, 0.29) is 12.8 Å². The molecule has 1 fully saturated rings. The number of hydrogen-bond donors (Lipinski definition) is 2. The van der Waals surface area contributed by atoms with Crippen molar-refractivity contribution in [1.29, 1.82) is 5.26 Å². The highest BCUT2D eigenvalue weighted by Crippen LogP contribution is 2.27. The Balaban J connectivity index is 1.67. The highest BCUT2D eigenvalue weighted by molar-refractivity contribution is 6.10. The van der Waals surface area contributed by atoms with Gasteiger partial charge in [-0.1, -0.05) is 30.3 Å². The van der Waals surface area contributed by atoms with Crippen molar-refractivity contribution >= 4 is 23.5 Å². The predicted octanol–water partition coefficient (Wildman–Crippen LogP) is 2.25. The normalized spacial score (nSPS) is 18.0. The molecule has 1 aliphatic heterocycles. The average Bonchev–Trinajstić information content (AvgIpc) is 2.93. The number of rotatable bonds is 7. The number of nitriles is 1. The molecule has 8 heteroatoms. The van der Waals surface area contributed by atoms with Crippen molar-refractivity contribution < 1.29 is 19.1 Å². The fourth-order valence-electron chi connectivity index (χ4n) is 3.38. The topological polar surface area (TPSA) is 112 Å². The smallest absolute Gasteiger partial charge is 0.325 e. The zero-order valence-corrected chi connectivity index (χ0v) is 16.8. The molecule has 3 rings (SSSR count). The number of amides is 4. The first-order valence-corrected chi connectivity index (χ1v) is 9.38. The lowest BCUT2D eigenvalue weighted by atomic mass is 9.92. The molecule has 0 saturated carbocycles. The molecule has 0 radical (unpaired) electrons. The van der Waals surface area contributed by atoms with E-state index in [0.717, 1.165) is 16.0 Å². The Bertz CT molecular complexity index is 1010. The molecule has 4 amide bonds. The number of nitrogens with one attached hydrogen (secondary N) is 2. The fraction of sp³-hybridized carbons (Fsp3) is 0.273. The second-order valence-electron chi connectivity index (χ2n) is 7.22. The molecular weight excluding hydrogens is 384 g/mol. The first-order chi connectivity index (χ1) is 14.4. The molecule has 8 nitrogen and oxygen atoms in total. The number of urea groups is 1. The van der Waals surface area contributed by atoms with E-state index in [1.807, 2.05) is 18.2 Å². The van der Waals surface area contributed by atoms with Crippen LogP contribution in [0.25, 0.3) is 0 Å². The molecule has 0 bridgehead atoms. The third kappa shape index (κ3) is 4.41. The molecule has 2 N–H and O–H groups in total. The second kappa shape index (κ2) is 8.66. The van der Waals surface area contributed by atoms with E-state index >= 15 is 0 Å². The van der Waals surface area contributed by atoms with Gasteiger partial charge in [0.25, 0.3) is 5.91 Å². The molecule has 0 unspecified atom stereocenters. The number of carbonyl (C=O) groups excluding carboxylic acids is 3. The molecular formula is C22H22N4O4. The summed E-state index contributed by atoms with van der Waals surface area (Å²) in [5.41, 5.74) is 0.951. The number of nitrogens with zero attached hydrogens (tertiary/aromatic N) is 2. The highest BCUT2D eigenvalue weighted by atomic mass is 16.5. The van der Waals surface area contributed by atoms with Gasteiger partial charge in [-0.05, 0) is 36.2 Å². The van der Waals surface area contributed by atoms with Gasteiger partial charge in [0.05, 0.1) is 19.6 Å². The molecule has 0 aliphatic carbocycles. The number of carbonyl (C=O) groups is 3. The summed E-state index contributed by atoms with van der Waals surface area (Å²) in [5.74, 6) is -0.345. The van der Waals surface area contributed by atoms with Gasteiger partial charge in [-0.25, -0.2) is 4.79 Å². The molecule has 1 heterocycles. The van der Waals surface area contributed by atoms with Crippen molar-refractivity contribution in [1.82, 2.24) is 10.2 Å². The van der Waals surface area contributed by atoms with Crippen LogP contribution in [0.5, 0.6) is 5.75 Å². The Morgan fingerprint density at radius 2 is 1.90 bits per heavy atom. The maximum Gasteiger partial charge on any atom is 0.325 e. The van der Waals surface area contributed by atoms with Crippen LogP contribution in [0, 0.1) is 11.3 Å². The Labute approximate surface area is 174 Å². The third-order valence-corrected chi connectivity index (χ3v) is 4.90. The maximum atomic E-state index is 12.9. The molecule has 0 aromatic heterocycles. The maximum absolute atomic E-state index is 12.9. The van der Waals surface area contributed by atoms with Gasteiger partial charge >= 0.3 is 6.03 Å². The van der Waals surface area contributed by atoms with E-state index in [2.05, 4.69) is 16.7 Å². The average molecular weight is 406 g/mol. The molecule has 30 heavy (non-hydrogen) atoms. The van der Waals surface area contributed by atoms with E-state index in [0.29, 0.717) is 11.4 Å². The van der Waals surface area contributed by atoms with E-state index in [9.17, 15) is 14.4 Å². The Kier molecular flexibility index (Phi) is 6.02. The summed E-state index contributed by atoms with van der Waals surface area (Å²) < 4.78 is 5.32. The summed E-state index contributed by atoms with van der Waals surface area (Å²) in [4.78, 5) is 38.6. The van der Waals surface area contributed by atoms with Gasteiger partial charge in [0.15, 0.2) is 0 Å². The number of ether oxygens (including phenoxy) is 1. The lowest BCUT2D eigenvalue weighted by Gasteiger charge is -2.22. The van der Waals surface area contributed by atoms with E-state index < -0.39 is 29.9 Å². The van der Waals surface area contributed by atoms with E-state index in [4.69, 9.17) is 10.00 Å². The fourth-order valence-corrected chi connectivity index (χ4v) is 3.38. The molecule has 2 aromatic carbocycles. The summed E-state index contributed by atoms with van der Waals surface area (Å²) >= 11 is 0. The van der Waals surface area contributed by atoms with Crippen molar-refractivity contribution in [3.63, 3.8) is 0 Å². The van der Waals surface area contributed by atoms with E-state index in [1.54, 1.807) is 44.4 Å². The number of benzene rings is 2. The quantitative estimate of drug-likeness (QED) is 0.685. The number of imide groups is 1. The summed E-state index contributed by atoms with van der Waals surface area (Å²) in [7, 11) is 1.54. The first kappa shape index (κ1) is 20.9. The monoisotopic (exact) mass is 406 g/mol. The summed E-state index contributed by atoms with van der Waals surface area (Å²) in [6, 6.07) is 15.5. The molecule has 1 saturated heterocycles. The van der Waals surface area contributed by atoms with Crippen LogP contribution >= 0.6 is 0 Å². The zero-order valence-electron chi connectivity index (χ0n) is 16.8. The molecule has 1 atom stereocenters. The first-order valence-electron chi connectivity index (χ1n) is 9.38. The van der Waals surface area contributed by atoms with Gasteiger partial charge in [-0.3, -0.25) is 14.5 Å². The van der Waals surface area contributed by atoms with Crippen LogP contribution in [-0.4, -0.2) is 41.9 Å². The van der Waals surface area contributed by atoms with Gasteiger partial charge in [-0.15, -0.1) is 0 Å². The standard InChI is InChI=1S/C22H22N4O4/c1-22(13-16-5-3-4-6-18(16)30-2)20(28)26(21(29)25-22)14-19(27)24-17-9-7-15(8-10-17)11-12-23/h3-10H,11,13-14H2,1-2H3,(H,24,27)(H,25,29)/t22-/m0/s1. The number of anilines is 1. The predicted molar refractivity (Wildman–Crippen MR) is 110 cm³/mol. The van der Waals surface area contributed by atoms with Gasteiger partial charge < -0.3 is 15.4 Å². The molecule has 0 spiro atoms. The summed E-state index contributed by atoms with van der Waals surface area (Å²) in [6.07, 6.45) is 0.515. The minimum absolute atomic E-state index is 0.236. The molecule has 154 valence electrons. The number of para-hydroxylation sites is 1. The van der Waals surface area contributed by atoms with Gasteiger partial charge in [-0.2, -0.15) is 5.26 Å². The van der Waals surface area contributed by atoms with Crippen LogP contribution < -0.4 is 15.4 Å². The van der Waals surface area contributed by atoms with Gasteiger partial charge in [0, 0.05) is 12.1 Å². The largest absolute Gasteiger partial charge is 0.496 e. The minimum atomic E-state index is -1.18.